The summed E-state index contributed by atoms with van der Waals surface area (Å²) >= 11 is 0. The lowest BCUT2D eigenvalue weighted by Crippen LogP contribution is -2.55. The van der Waals surface area contributed by atoms with Crippen LogP contribution >= 0.6 is 7.82 Å². The predicted molar refractivity (Wildman–Crippen MR) is 258 cm³/mol. The zero-order valence-electron chi connectivity index (χ0n) is 39.8. The topological polar surface area (TPSA) is 267 Å². The molecule has 0 spiro atoms. The Labute approximate surface area is 402 Å². The predicted octanol–water partition coefficient (Wildman–Crippen LogP) is 6.42. The minimum Gasteiger partial charge on any atom is -0.462 e. The van der Waals surface area contributed by atoms with Crippen LogP contribution in [0.5, 0.6) is 0 Å². The molecule has 2 rings (SSSR count). The lowest BCUT2D eigenvalue weighted by molar-refractivity contribution is -0.166. The lowest BCUT2D eigenvalue weighted by atomic mass is 9.84. The van der Waals surface area contributed by atoms with E-state index in [1.165, 1.54) is 18.2 Å². The number of Topliss-reactive ketones (excluding diaryl/α,β-unsaturated/α-hetero) is 1. The number of phosphoric ester groups is 1. The second kappa shape index (κ2) is 35.5. The average Bonchev–Trinajstić information content (AvgIpc) is 3.31. The molecular formula is C51H79O16P. The van der Waals surface area contributed by atoms with Gasteiger partial charge in [-0.15, -0.1) is 0 Å². The third-order valence-corrected chi connectivity index (χ3v) is 12.3. The number of unbranched alkanes of at least 4 members (excludes halogenated alkanes) is 2. The molecule has 1 heterocycles. The minimum absolute atomic E-state index is 0.0810. The van der Waals surface area contributed by atoms with Crippen LogP contribution in [0.2, 0.25) is 0 Å². The lowest BCUT2D eigenvalue weighted by Gasteiger charge is -2.36. The van der Waals surface area contributed by atoms with Gasteiger partial charge >= 0.3 is 19.8 Å². The van der Waals surface area contributed by atoms with Gasteiger partial charge in [0.1, 0.15) is 36.8 Å². The van der Waals surface area contributed by atoms with Gasteiger partial charge in [-0.05, 0) is 70.6 Å². The SMILES string of the molecule is CC/C=C\C/C=C\C/C=C\C/C=C\C/C=C\C/C=C\CCC(=O)O[C@@H]1COC(=O)CCC/C=C\C[C@H]2C(=O)C[C@@H](O)[C@H](/C=C/[C@@H](O)CCCCC)[C@@H](O)[C@@H](O)[C@@H](OP(=O)(O)OC1)[C@H](O)[C@@H](O)[C@@H]2O. The average molecular weight is 979 g/mol. The fourth-order valence-corrected chi connectivity index (χ4v) is 8.28. The highest BCUT2D eigenvalue weighted by Crippen LogP contribution is 2.47. The Hall–Kier alpha value is -3.64. The van der Waals surface area contributed by atoms with Crippen molar-refractivity contribution in [1.82, 2.24) is 0 Å². The maximum atomic E-state index is 13.6. The number of allylic oxidation sites excluding steroid dienone is 14. The van der Waals surface area contributed by atoms with Crippen molar-refractivity contribution in [2.45, 2.75) is 178 Å². The number of carbonyl (C=O) groups excluding carboxylic acids is 3. The summed E-state index contributed by atoms with van der Waals surface area (Å²) < 4.78 is 34.6. The second-order valence-corrected chi connectivity index (χ2v) is 18.4. The maximum Gasteiger partial charge on any atom is 0.472 e. The zero-order chi connectivity index (χ0) is 50.2. The van der Waals surface area contributed by atoms with Crippen molar-refractivity contribution >= 4 is 25.5 Å². The number of hydrogen-bond acceptors (Lipinski definition) is 15. The van der Waals surface area contributed by atoms with Crippen LogP contribution in [0.4, 0.5) is 0 Å². The molecular weight excluding hydrogens is 900 g/mol. The van der Waals surface area contributed by atoms with Crippen LogP contribution in [0.15, 0.2) is 97.2 Å². The normalized spacial score (nSPS) is 31.3. The summed E-state index contributed by atoms with van der Waals surface area (Å²) in [5.41, 5.74) is 0. The molecule has 2 bridgehead atoms. The number of aliphatic hydroxyl groups excluding tert-OH is 7. The summed E-state index contributed by atoms with van der Waals surface area (Å²) in [6.07, 6.45) is 19.9. The van der Waals surface area contributed by atoms with Gasteiger partial charge in [0, 0.05) is 31.1 Å². The van der Waals surface area contributed by atoms with Gasteiger partial charge in [-0.25, -0.2) is 4.57 Å². The Morgan fingerprint density at radius 3 is 1.97 bits per heavy atom. The zero-order valence-corrected chi connectivity index (χ0v) is 40.7. The number of fused-ring (bicyclic) bond motifs is 4. The van der Waals surface area contributed by atoms with E-state index >= 15 is 0 Å². The fourth-order valence-electron chi connectivity index (χ4n) is 7.31. The number of ether oxygens (including phenoxy) is 2. The first kappa shape index (κ1) is 60.5. The van der Waals surface area contributed by atoms with Gasteiger partial charge in [0.25, 0.3) is 0 Å². The van der Waals surface area contributed by atoms with Crippen LogP contribution in [0, 0.1) is 11.8 Å². The summed E-state index contributed by atoms with van der Waals surface area (Å²) in [6, 6.07) is 0. The molecule has 8 N–H and O–H groups in total. The molecule has 1 saturated carbocycles. The van der Waals surface area contributed by atoms with E-state index in [0.29, 0.717) is 25.7 Å². The number of rotatable bonds is 21. The van der Waals surface area contributed by atoms with Gasteiger partial charge in [-0.3, -0.25) is 23.4 Å². The van der Waals surface area contributed by atoms with Crippen molar-refractivity contribution in [3.8, 4) is 0 Å². The number of cyclic esters (lactones) is 1. The van der Waals surface area contributed by atoms with E-state index in [0.717, 1.165) is 44.9 Å². The second-order valence-electron chi connectivity index (χ2n) is 17.0. The first-order chi connectivity index (χ1) is 32.6. The Kier molecular flexibility index (Phi) is 31.5. The molecule has 1 aliphatic carbocycles. The summed E-state index contributed by atoms with van der Waals surface area (Å²) in [4.78, 5) is 50.0. The maximum absolute atomic E-state index is 13.6. The number of phosphoric acid groups is 1. The Morgan fingerprint density at radius 1 is 0.779 bits per heavy atom. The first-order valence-electron chi connectivity index (χ1n) is 24.1. The van der Waals surface area contributed by atoms with Crippen LogP contribution in [0.1, 0.15) is 123 Å². The molecule has 1 unspecified atom stereocenters. The highest BCUT2D eigenvalue weighted by Gasteiger charge is 2.49. The number of ketones is 1. The summed E-state index contributed by atoms with van der Waals surface area (Å²) in [5, 5.41) is 78.6. The van der Waals surface area contributed by atoms with Gasteiger partial charge < -0.3 is 50.1 Å². The summed E-state index contributed by atoms with van der Waals surface area (Å²) in [5.74, 6) is -5.23. The van der Waals surface area contributed by atoms with Gasteiger partial charge in [0.15, 0.2) is 6.10 Å². The molecule has 0 aromatic heterocycles. The van der Waals surface area contributed by atoms with Crippen molar-refractivity contribution in [3.63, 3.8) is 0 Å². The molecule has 0 amide bonds. The summed E-state index contributed by atoms with van der Waals surface area (Å²) in [7, 11) is -5.49. The molecule has 0 aromatic carbocycles. The molecule has 68 heavy (non-hydrogen) atoms. The minimum atomic E-state index is -5.49. The van der Waals surface area contributed by atoms with Crippen molar-refractivity contribution in [2.75, 3.05) is 13.2 Å². The monoisotopic (exact) mass is 979 g/mol. The molecule has 17 heteroatoms. The van der Waals surface area contributed by atoms with E-state index in [9.17, 15) is 59.6 Å². The van der Waals surface area contributed by atoms with Gasteiger partial charge in [0.05, 0.1) is 31.0 Å². The Balaban J connectivity index is 2.18. The number of hydrogen-bond donors (Lipinski definition) is 8. The quantitative estimate of drug-likeness (QED) is 0.0267. The molecule has 2 aliphatic rings. The number of aliphatic hydroxyl groups is 7. The third kappa shape index (κ3) is 25.3. The van der Waals surface area contributed by atoms with E-state index < -0.39 is 112 Å². The number of esters is 2. The first-order valence-corrected chi connectivity index (χ1v) is 25.6. The fraction of sp³-hybridized carbons (Fsp3) is 0.627. The molecule has 0 saturated heterocycles. The van der Waals surface area contributed by atoms with E-state index in [1.807, 2.05) is 25.2 Å². The van der Waals surface area contributed by atoms with Crippen molar-refractivity contribution < 1.29 is 78.1 Å². The molecule has 16 nitrogen and oxygen atoms in total. The smallest absolute Gasteiger partial charge is 0.462 e. The van der Waals surface area contributed by atoms with Crippen LogP contribution in [0.25, 0.3) is 0 Å². The van der Waals surface area contributed by atoms with Gasteiger partial charge in [-0.1, -0.05) is 130 Å². The highest BCUT2D eigenvalue weighted by molar-refractivity contribution is 7.47. The van der Waals surface area contributed by atoms with Crippen molar-refractivity contribution in [1.29, 1.82) is 0 Å². The van der Waals surface area contributed by atoms with E-state index in [1.54, 1.807) is 12.2 Å². The molecule has 1 fully saturated rings. The van der Waals surface area contributed by atoms with Crippen LogP contribution < -0.4 is 0 Å². The third-order valence-electron chi connectivity index (χ3n) is 11.3. The Bertz CT molecular complexity index is 1740. The van der Waals surface area contributed by atoms with Crippen LogP contribution in [-0.2, 0) is 37.5 Å². The van der Waals surface area contributed by atoms with Crippen LogP contribution in [0.3, 0.4) is 0 Å². The van der Waals surface area contributed by atoms with Crippen LogP contribution in [-0.4, -0.2) is 127 Å². The standard InChI is InChI=1S/C51H79O16P/c1-3-5-7-8-9-10-11-12-13-14-15-16-17-18-19-20-21-22-28-32-45(56)66-39-36-64-44(55)31-27-24-23-26-30-40-42(53)35-43(54)41(34-33-38(52)29-25-6-4-2)47(58)49(60)51(50(61)48(59)46(40)57)67-68(62,63)65-37-39/h5,7,9-10,12-13,15-16,18-19,21-23,26,33-34,38-41,43,46-52,54,57-61H,3-4,6,8,11,14,17,20,24-25,27-32,35-37H2,1-2H3,(H,62,63)/b7-5-,10-9-,13-12-,16-15-,19-18-,22-21-,26-23-,34-33+/t38-,39+,40-,41-,43+,46+,47+,48-,49+,50+,51+/m0/s1. The highest BCUT2D eigenvalue weighted by atomic mass is 31.2. The largest absolute Gasteiger partial charge is 0.472 e. The molecule has 12 atom stereocenters. The van der Waals surface area contributed by atoms with Gasteiger partial charge in [-0.2, -0.15) is 0 Å². The van der Waals surface area contributed by atoms with Crippen molar-refractivity contribution in [2.24, 2.45) is 11.8 Å². The number of carbonyl (C=O) groups is 3. The van der Waals surface area contributed by atoms with Crippen molar-refractivity contribution in [3.05, 3.63) is 97.2 Å². The van der Waals surface area contributed by atoms with E-state index in [4.69, 9.17) is 18.5 Å². The molecule has 1 aliphatic heterocycles. The molecule has 0 aromatic rings. The Morgan fingerprint density at radius 2 is 1.37 bits per heavy atom. The molecule has 0 radical (unpaired) electrons. The van der Waals surface area contributed by atoms with E-state index in [-0.39, 0.29) is 32.1 Å². The summed E-state index contributed by atoms with van der Waals surface area (Å²) in [6.45, 7) is 2.60. The molecule has 384 valence electrons. The van der Waals surface area contributed by atoms with Gasteiger partial charge in [0.2, 0.25) is 0 Å². The van der Waals surface area contributed by atoms with E-state index in [2.05, 4.69) is 55.5 Å².